The zero-order valence-electron chi connectivity index (χ0n) is 15.8. The number of hydrogen-bond donors (Lipinski definition) is 1. The van der Waals surface area contributed by atoms with Gasteiger partial charge in [-0.2, -0.15) is 4.98 Å². The highest BCUT2D eigenvalue weighted by molar-refractivity contribution is 7.91. The first-order valence-electron chi connectivity index (χ1n) is 8.94. The van der Waals surface area contributed by atoms with Crippen LogP contribution in [0.1, 0.15) is 30.2 Å². The van der Waals surface area contributed by atoms with Crippen LogP contribution >= 0.6 is 0 Å². The topological polar surface area (TPSA) is 75.2 Å². The van der Waals surface area contributed by atoms with Crippen molar-refractivity contribution in [3.05, 3.63) is 41.1 Å². The molecular weight excluding hydrogens is 348 g/mol. The fourth-order valence-electron chi connectivity index (χ4n) is 3.34. The molecule has 0 saturated carbocycles. The first-order valence-corrected chi connectivity index (χ1v) is 10.8. The Kier molecular flexibility index (Phi) is 5.18. The number of aromatic nitrogens is 2. The third kappa shape index (κ3) is 4.15. The van der Waals surface area contributed by atoms with E-state index in [1.165, 1.54) is 5.56 Å². The Hall–Kier alpha value is -2.15. The average Bonchev–Trinajstić information content (AvgIpc) is 2.91. The van der Waals surface area contributed by atoms with Crippen LogP contribution < -0.4 is 10.2 Å². The zero-order valence-corrected chi connectivity index (χ0v) is 16.6. The van der Waals surface area contributed by atoms with Crippen molar-refractivity contribution in [3.8, 4) is 0 Å². The van der Waals surface area contributed by atoms with E-state index in [1.807, 2.05) is 24.8 Å². The van der Waals surface area contributed by atoms with Gasteiger partial charge in [-0.15, -0.1) is 0 Å². The van der Waals surface area contributed by atoms with Crippen LogP contribution in [0, 0.1) is 20.8 Å². The lowest BCUT2D eigenvalue weighted by atomic mass is 10.1. The quantitative estimate of drug-likeness (QED) is 0.866. The fraction of sp³-hybridized carbons (Fsp3) is 0.474. The summed E-state index contributed by atoms with van der Waals surface area (Å²) in [4.78, 5) is 11.2. The maximum absolute atomic E-state index is 11.9. The molecule has 1 fully saturated rings. The molecule has 1 unspecified atom stereocenters. The molecule has 2 heterocycles. The van der Waals surface area contributed by atoms with Crippen molar-refractivity contribution in [3.63, 3.8) is 0 Å². The van der Waals surface area contributed by atoms with Crippen molar-refractivity contribution in [1.29, 1.82) is 0 Å². The summed E-state index contributed by atoms with van der Waals surface area (Å²) in [6.07, 6.45) is 0.632. The summed E-state index contributed by atoms with van der Waals surface area (Å²) in [5.41, 5.74) is 4.18. The predicted octanol–water partition coefficient (Wildman–Crippen LogP) is 3.16. The first kappa shape index (κ1) is 18.6. The van der Waals surface area contributed by atoms with Gasteiger partial charge in [-0.25, -0.2) is 13.4 Å². The second kappa shape index (κ2) is 7.23. The molecule has 0 radical (unpaired) electrons. The summed E-state index contributed by atoms with van der Waals surface area (Å²) < 4.78 is 23.7. The lowest BCUT2D eigenvalue weighted by Crippen LogP contribution is -2.37. The molecule has 1 aliphatic heterocycles. The van der Waals surface area contributed by atoms with Gasteiger partial charge in [0.1, 0.15) is 5.82 Å². The van der Waals surface area contributed by atoms with Crippen LogP contribution in [-0.2, 0) is 9.84 Å². The molecule has 2 aromatic rings. The molecule has 1 saturated heterocycles. The maximum Gasteiger partial charge on any atom is 0.227 e. The number of anilines is 3. The van der Waals surface area contributed by atoms with Crippen LogP contribution in [0.5, 0.6) is 0 Å². The van der Waals surface area contributed by atoms with E-state index in [1.54, 1.807) is 0 Å². The zero-order chi connectivity index (χ0) is 18.9. The Labute approximate surface area is 155 Å². The molecule has 1 aliphatic rings. The molecule has 7 heteroatoms. The highest BCUT2D eigenvalue weighted by Crippen LogP contribution is 2.25. The third-order valence-electron chi connectivity index (χ3n) is 4.74. The van der Waals surface area contributed by atoms with Crippen molar-refractivity contribution < 1.29 is 8.42 Å². The highest BCUT2D eigenvalue weighted by atomic mass is 32.2. The summed E-state index contributed by atoms with van der Waals surface area (Å²) in [7, 11) is -2.95. The van der Waals surface area contributed by atoms with E-state index in [4.69, 9.17) is 0 Å². The molecule has 0 bridgehead atoms. The van der Waals surface area contributed by atoms with Crippen molar-refractivity contribution in [2.24, 2.45) is 0 Å². The van der Waals surface area contributed by atoms with Crippen LogP contribution in [0.15, 0.2) is 24.3 Å². The smallest absolute Gasteiger partial charge is 0.227 e. The largest absolute Gasteiger partial charge is 0.340 e. The van der Waals surface area contributed by atoms with Crippen molar-refractivity contribution >= 4 is 27.3 Å². The molecule has 1 N–H and O–H groups in total. The molecule has 1 atom stereocenters. The van der Waals surface area contributed by atoms with E-state index in [9.17, 15) is 8.42 Å². The molecule has 0 amide bonds. The second-order valence-corrected chi connectivity index (χ2v) is 9.21. The number of benzene rings is 1. The van der Waals surface area contributed by atoms with Gasteiger partial charge in [0.25, 0.3) is 0 Å². The van der Waals surface area contributed by atoms with Crippen molar-refractivity contribution in [2.75, 3.05) is 28.3 Å². The monoisotopic (exact) mass is 374 g/mol. The van der Waals surface area contributed by atoms with E-state index in [-0.39, 0.29) is 17.5 Å². The Morgan fingerprint density at radius 1 is 1.19 bits per heavy atom. The Morgan fingerprint density at radius 2 is 1.96 bits per heavy atom. The van der Waals surface area contributed by atoms with Crippen LogP contribution in [-0.4, -0.2) is 42.5 Å². The maximum atomic E-state index is 11.9. The van der Waals surface area contributed by atoms with Gasteiger partial charge in [0.2, 0.25) is 5.95 Å². The summed E-state index contributed by atoms with van der Waals surface area (Å²) in [6.45, 7) is 8.72. The van der Waals surface area contributed by atoms with Gasteiger partial charge < -0.3 is 10.2 Å². The van der Waals surface area contributed by atoms with Crippen LogP contribution in [0.3, 0.4) is 0 Å². The Morgan fingerprint density at radius 3 is 2.62 bits per heavy atom. The number of nitrogens with one attached hydrogen (secondary N) is 1. The minimum atomic E-state index is -2.95. The first-order chi connectivity index (χ1) is 12.3. The second-order valence-electron chi connectivity index (χ2n) is 6.98. The highest BCUT2D eigenvalue weighted by Gasteiger charge is 2.33. The minimum Gasteiger partial charge on any atom is -0.340 e. The summed E-state index contributed by atoms with van der Waals surface area (Å²) in [5, 5.41) is 3.38. The number of sulfone groups is 1. The average molecular weight is 375 g/mol. The van der Waals surface area contributed by atoms with Gasteiger partial charge in [-0.05, 0) is 51.3 Å². The van der Waals surface area contributed by atoms with Crippen LogP contribution in [0.4, 0.5) is 17.5 Å². The van der Waals surface area contributed by atoms with Gasteiger partial charge in [-0.1, -0.05) is 12.1 Å². The van der Waals surface area contributed by atoms with E-state index in [2.05, 4.69) is 47.3 Å². The van der Waals surface area contributed by atoms with Gasteiger partial charge in [0.15, 0.2) is 9.84 Å². The van der Waals surface area contributed by atoms with Gasteiger partial charge in [-0.3, -0.25) is 0 Å². The number of nitrogens with zero attached hydrogens (tertiary/aromatic N) is 3. The molecule has 0 aliphatic carbocycles. The van der Waals surface area contributed by atoms with E-state index >= 15 is 0 Å². The Balaban J connectivity index is 1.90. The van der Waals surface area contributed by atoms with Gasteiger partial charge in [0, 0.05) is 30.0 Å². The molecule has 1 aromatic carbocycles. The molecule has 6 nitrogen and oxygen atoms in total. The fourth-order valence-corrected chi connectivity index (χ4v) is 5.07. The molecule has 1 aromatic heterocycles. The standard InChI is InChI=1S/C19H26N4O2S/c1-5-23(16-8-9-26(24,25)12-16)19-20-15(4)11-18(22-19)21-17-10-13(2)6-7-14(17)3/h6-7,10-11,16H,5,8-9,12H2,1-4H3,(H,20,21,22). The number of rotatable bonds is 5. The summed E-state index contributed by atoms with van der Waals surface area (Å²) in [5.74, 6) is 1.73. The van der Waals surface area contributed by atoms with Gasteiger partial charge >= 0.3 is 0 Å². The van der Waals surface area contributed by atoms with Crippen LogP contribution in [0.2, 0.25) is 0 Å². The third-order valence-corrected chi connectivity index (χ3v) is 6.50. The minimum absolute atomic E-state index is 0.0552. The van der Waals surface area contributed by atoms with E-state index in [0.717, 1.165) is 22.8 Å². The number of hydrogen-bond acceptors (Lipinski definition) is 6. The molecule has 0 spiro atoms. The normalized spacial score (nSPS) is 18.7. The summed E-state index contributed by atoms with van der Waals surface area (Å²) >= 11 is 0. The summed E-state index contributed by atoms with van der Waals surface area (Å²) in [6, 6.07) is 8.10. The number of aryl methyl sites for hydroxylation is 3. The molecular formula is C19H26N4O2S. The van der Waals surface area contributed by atoms with Crippen molar-refractivity contribution in [2.45, 2.75) is 40.2 Å². The predicted molar refractivity (Wildman–Crippen MR) is 106 cm³/mol. The van der Waals surface area contributed by atoms with Crippen molar-refractivity contribution in [1.82, 2.24) is 9.97 Å². The molecule has 26 heavy (non-hydrogen) atoms. The van der Waals surface area contributed by atoms with E-state index in [0.29, 0.717) is 18.9 Å². The molecule has 3 rings (SSSR count). The molecule has 140 valence electrons. The lowest BCUT2D eigenvalue weighted by Gasteiger charge is -2.27. The lowest BCUT2D eigenvalue weighted by molar-refractivity contribution is 0.599. The van der Waals surface area contributed by atoms with Gasteiger partial charge in [0.05, 0.1) is 11.5 Å². The van der Waals surface area contributed by atoms with E-state index < -0.39 is 9.84 Å². The Bertz CT molecular complexity index is 912. The SMILES string of the molecule is CCN(c1nc(C)cc(Nc2cc(C)ccc2C)n1)C1CCS(=O)(=O)C1. The van der Waals surface area contributed by atoms with Crippen LogP contribution in [0.25, 0.3) is 0 Å².